The number of rotatable bonds is 10. The van der Waals surface area contributed by atoms with Crippen molar-refractivity contribution < 1.29 is 24.2 Å². The maximum absolute atomic E-state index is 12.7. The largest absolute Gasteiger partial charge is 0.491 e. The number of aliphatic carboxylic acids is 1. The fourth-order valence-corrected chi connectivity index (χ4v) is 2.36. The molecule has 0 radical (unpaired) electrons. The Morgan fingerprint density at radius 1 is 1.19 bits per heavy atom. The molecule has 0 spiro atoms. The second-order valence-corrected chi connectivity index (χ2v) is 6.79. The van der Waals surface area contributed by atoms with Crippen molar-refractivity contribution in [3.63, 3.8) is 0 Å². The number of carbonyl (C=O) groups excluding carboxylic acids is 2. The van der Waals surface area contributed by atoms with Gasteiger partial charge in [0.25, 0.3) is 5.91 Å². The van der Waals surface area contributed by atoms with Crippen LogP contribution in [0.3, 0.4) is 0 Å². The van der Waals surface area contributed by atoms with Crippen molar-refractivity contribution >= 4 is 29.4 Å². The summed E-state index contributed by atoms with van der Waals surface area (Å²) in [5, 5.41) is 17.2. The van der Waals surface area contributed by atoms with Crippen LogP contribution in [0.4, 0.5) is 0 Å². The lowest BCUT2D eigenvalue weighted by Crippen LogP contribution is -2.53. The Labute approximate surface area is 163 Å². The normalized spacial score (nSPS) is 13.0. The van der Waals surface area contributed by atoms with Gasteiger partial charge in [-0.1, -0.05) is 25.4 Å². The third kappa shape index (κ3) is 7.07. The van der Waals surface area contributed by atoms with Crippen LogP contribution < -0.4 is 20.7 Å². The van der Waals surface area contributed by atoms with E-state index in [0.717, 1.165) is 0 Å². The minimum absolute atomic E-state index is 0.198. The van der Waals surface area contributed by atoms with Crippen LogP contribution in [0, 0.1) is 5.92 Å². The summed E-state index contributed by atoms with van der Waals surface area (Å²) < 4.78 is 5.59. The van der Waals surface area contributed by atoms with Gasteiger partial charge in [0, 0.05) is 11.6 Å². The molecule has 0 saturated carbocycles. The average molecular weight is 400 g/mol. The molecule has 1 aromatic rings. The third-order valence-corrected chi connectivity index (χ3v) is 4.00. The maximum atomic E-state index is 12.7. The van der Waals surface area contributed by atoms with Gasteiger partial charge in [0.2, 0.25) is 5.91 Å². The Kier molecular flexibility index (Phi) is 9.04. The van der Waals surface area contributed by atoms with Crippen LogP contribution in [0.15, 0.2) is 18.2 Å². The average Bonchev–Trinajstić information content (AvgIpc) is 2.60. The summed E-state index contributed by atoms with van der Waals surface area (Å²) in [4.78, 5) is 36.0. The number of carboxylic acid groups (broad SMARTS) is 1. The molecule has 27 heavy (non-hydrogen) atoms. The molecular weight excluding hydrogens is 374 g/mol. The van der Waals surface area contributed by atoms with Gasteiger partial charge in [-0.2, -0.15) is 0 Å². The number of halogens is 1. The highest BCUT2D eigenvalue weighted by Gasteiger charge is 2.28. The number of hydrogen-bond acceptors (Lipinski definition) is 5. The van der Waals surface area contributed by atoms with Crippen molar-refractivity contribution in [3.8, 4) is 5.75 Å². The van der Waals surface area contributed by atoms with Gasteiger partial charge in [-0.25, -0.2) is 0 Å². The number of likely N-dealkylation sites (N-methyl/N-ethyl adjacent to an activating group) is 1. The predicted molar refractivity (Wildman–Crippen MR) is 102 cm³/mol. The van der Waals surface area contributed by atoms with E-state index in [4.69, 9.17) is 21.4 Å². The van der Waals surface area contributed by atoms with E-state index < -0.39 is 29.9 Å². The highest BCUT2D eigenvalue weighted by atomic mass is 35.5. The Morgan fingerprint density at radius 2 is 1.85 bits per heavy atom. The van der Waals surface area contributed by atoms with E-state index in [2.05, 4.69) is 16.0 Å². The van der Waals surface area contributed by atoms with Crippen LogP contribution in [-0.4, -0.2) is 55.2 Å². The lowest BCUT2D eigenvalue weighted by Gasteiger charge is -2.23. The molecule has 2 atom stereocenters. The SMILES string of the molecule is CNCCOc1ccc(Cl)cc1C(=O)N[C@H](C(=O)N[C@@H](C)C(=O)O)C(C)C. The summed E-state index contributed by atoms with van der Waals surface area (Å²) in [5.74, 6) is -2.19. The van der Waals surface area contributed by atoms with E-state index in [9.17, 15) is 14.4 Å². The molecule has 0 aliphatic carbocycles. The topological polar surface area (TPSA) is 117 Å². The molecule has 9 heteroatoms. The van der Waals surface area contributed by atoms with Gasteiger partial charge >= 0.3 is 5.97 Å². The monoisotopic (exact) mass is 399 g/mol. The summed E-state index contributed by atoms with van der Waals surface area (Å²) in [6.45, 7) is 5.79. The minimum atomic E-state index is -1.16. The molecule has 0 aromatic heterocycles. The molecule has 2 amide bonds. The van der Waals surface area contributed by atoms with Crippen LogP contribution >= 0.6 is 11.6 Å². The van der Waals surface area contributed by atoms with Crippen molar-refractivity contribution in [1.29, 1.82) is 0 Å². The molecule has 1 aromatic carbocycles. The third-order valence-electron chi connectivity index (χ3n) is 3.76. The smallest absolute Gasteiger partial charge is 0.325 e. The predicted octanol–water partition coefficient (Wildman–Crippen LogP) is 1.28. The number of nitrogens with one attached hydrogen (secondary N) is 3. The molecule has 0 aliphatic heterocycles. The Hall–Kier alpha value is -2.32. The summed E-state index contributed by atoms with van der Waals surface area (Å²) in [5.41, 5.74) is 0.198. The van der Waals surface area contributed by atoms with Crippen molar-refractivity contribution in [3.05, 3.63) is 28.8 Å². The zero-order chi connectivity index (χ0) is 20.6. The number of amides is 2. The lowest BCUT2D eigenvalue weighted by molar-refractivity contribution is -0.141. The van der Waals surface area contributed by atoms with E-state index in [1.807, 2.05) is 0 Å². The summed E-state index contributed by atoms with van der Waals surface area (Å²) in [6.07, 6.45) is 0. The lowest BCUT2D eigenvalue weighted by atomic mass is 10.0. The van der Waals surface area contributed by atoms with Crippen LogP contribution in [0.5, 0.6) is 5.75 Å². The molecule has 4 N–H and O–H groups in total. The van der Waals surface area contributed by atoms with Gasteiger partial charge in [-0.15, -0.1) is 0 Å². The van der Waals surface area contributed by atoms with Gasteiger partial charge in [-0.05, 0) is 38.1 Å². The molecule has 0 unspecified atom stereocenters. The van der Waals surface area contributed by atoms with Gasteiger partial charge in [0.15, 0.2) is 0 Å². The first-order valence-electron chi connectivity index (χ1n) is 8.58. The van der Waals surface area contributed by atoms with Crippen LogP contribution in [0.25, 0.3) is 0 Å². The van der Waals surface area contributed by atoms with Gasteiger partial charge < -0.3 is 25.8 Å². The number of ether oxygens (including phenoxy) is 1. The highest BCUT2D eigenvalue weighted by molar-refractivity contribution is 6.31. The second kappa shape index (κ2) is 10.7. The molecule has 0 saturated heterocycles. The summed E-state index contributed by atoms with van der Waals surface area (Å²) in [6, 6.07) is 2.67. The number of carboxylic acids is 1. The molecule has 0 aliphatic rings. The fraction of sp³-hybridized carbons (Fsp3) is 0.500. The van der Waals surface area contributed by atoms with Gasteiger partial charge in [0.1, 0.15) is 24.4 Å². The van der Waals surface area contributed by atoms with Crippen molar-refractivity contribution in [2.24, 2.45) is 5.92 Å². The minimum Gasteiger partial charge on any atom is -0.491 e. The van der Waals surface area contributed by atoms with E-state index in [1.165, 1.54) is 13.0 Å². The first-order chi connectivity index (χ1) is 12.7. The van der Waals surface area contributed by atoms with Crippen molar-refractivity contribution in [1.82, 2.24) is 16.0 Å². The van der Waals surface area contributed by atoms with Crippen molar-refractivity contribution in [2.45, 2.75) is 32.9 Å². The van der Waals surface area contributed by atoms with E-state index in [0.29, 0.717) is 23.9 Å². The van der Waals surface area contributed by atoms with Crippen molar-refractivity contribution in [2.75, 3.05) is 20.2 Å². The quantitative estimate of drug-likeness (QED) is 0.440. The second-order valence-electron chi connectivity index (χ2n) is 6.36. The molecule has 0 fully saturated rings. The first-order valence-corrected chi connectivity index (χ1v) is 8.96. The van der Waals surface area contributed by atoms with Gasteiger partial charge in [0.05, 0.1) is 5.56 Å². The Bertz CT molecular complexity index is 681. The highest BCUT2D eigenvalue weighted by Crippen LogP contribution is 2.23. The summed E-state index contributed by atoms with van der Waals surface area (Å²) in [7, 11) is 1.78. The molecule has 1 rings (SSSR count). The fourth-order valence-electron chi connectivity index (χ4n) is 2.19. The number of carbonyl (C=O) groups is 3. The zero-order valence-corrected chi connectivity index (χ0v) is 16.6. The summed E-state index contributed by atoms with van der Waals surface area (Å²) >= 11 is 6.00. The van der Waals surface area contributed by atoms with Crippen LogP contribution in [0.1, 0.15) is 31.1 Å². The van der Waals surface area contributed by atoms with E-state index in [-0.39, 0.29) is 11.5 Å². The van der Waals surface area contributed by atoms with Crippen LogP contribution in [-0.2, 0) is 9.59 Å². The number of benzene rings is 1. The first kappa shape index (κ1) is 22.7. The Balaban J connectivity index is 2.97. The van der Waals surface area contributed by atoms with E-state index >= 15 is 0 Å². The van der Waals surface area contributed by atoms with Crippen LogP contribution in [0.2, 0.25) is 5.02 Å². The molecule has 8 nitrogen and oxygen atoms in total. The molecule has 0 heterocycles. The van der Waals surface area contributed by atoms with Gasteiger partial charge in [-0.3, -0.25) is 14.4 Å². The Morgan fingerprint density at radius 3 is 2.41 bits per heavy atom. The number of hydrogen-bond donors (Lipinski definition) is 4. The maximum Gasteiger partial charge on any atom is 0.325 e. The molecular formula is C18H26ClN3O5. The zero-order valence-electron chi connectivity index (χ0n) is 15.8. The standard InChI is InChI=1S/C18H26ClN3O5/c1-10(2)15(17(24)21-11(3)18(25)26)22-16(23)13-9-12(19)5-6-14(13)27-8-7-20-4/h5-6,9-11,15,20H,7-8H2,1-4H3,(H,21,24)(H,22,23)(H,25,26)/t11-,15-/m0/s1. The molecule has 0 bridgehead atoms. The molecule has 150 valence electrons. The van der Waals surface area contributed by atoms with E-state index in [1.54, 1.807) is 33.0 Å².